The van der Waals surface area contributed by atoms with Gasteiger partial charge in [-0.1, -0.05) is 18.2 Å². The molecular weight excluding hydrogens is 333 g/mol. The first kappa shape index (κ1) is 14.3. The van der Waals surface area contributed by atoms with Crippen LogP contribution in [0.2, 0.25) is 0 Å². The number of carbonyl (C=O) groups is 1. The summed E-state index contributed by atoms with van der Waals surface area (Å²) in [6.07, 6.45) is 3.04. The van der Waals surface area contributed by atoms with Crippen LogP contribution >= 0.6 is 15.9 Å². The molecule has 1 aliphatic heterocycles. The van der Waals surface area contributed by atoms with E-state index in [0.717, 1.165) is 24.9 Å². The lowest BCUT2D eigenvalue weighted by molar-refractivity contribution is 0.0986. The SMILES string of the molecule is O=C(c1ccc(F)cc1Br)N1CCCCc2ccccc21. The predicted octanol–water partition coefficient (Wildman–Crippen LogP) is 4.57. The highest BCUT2D eigenvalue weighted by Gasteiger charge is 2.23. The average Bonchev–Trinajstić information content (AvgIpc) is 2.69. The topological polar surface area (TPSA) is 20.3 Å². The van der Waals surface area contributed by atoms with E-state index in [2.05, 4.69) is 22.0 Å². The zero-order valence-electron chi connectivity index (χ0n) is 11.5. The minimum atomic E-state index is -0.352. The highest BCUT2D eigenvalue weighted by atomic mass is 79.9. The molecule has 3 rings (SSSR count). The highest BCUT2D eigenvalue weighted by molar-refractivity contribution is 9.10. The van der Waals surface area contributed by atoms with Crippen molar-refractivity contribution < 1.29 is 9.18 Å². The molecule has 0 N–H and O–H groups in total. The highest BCUT2D eigenvalue weighted by Crippen LogP contribution is 2.29. The summed E-state index contributed by atoms with van der Waals surface area (Å²) in [4.78, 5) is 14.6. The zero-order chi connectivity index (χ0) is 14.8. The molecule has 0 aromatic heterocycles. The molecule has 21 heavy (non-hydrogen) atoms. The molecule has 0 spiro atoms. The second kappa shape index (κ2) is 5.98. The normalized spacial score (nSPS) is 14.5. The Balaban J connectivity index is 2.01. The van der Waals surface area contributed by atoms with Gasteiger partial charge in [-0.15, -0.1) is 0 Å². The van der Waals surface area contributed by atoms with Crippen LogP contribution in [0.25, 0.3) is 0 Å². The van der Waals surface area contributed by atoms with Crippen LogP contribution in [0, 0.1) is 5.82 Å². The summed E-state index contributed by atoms with van der Waals surface area (Å²) in [5, 5.41) is 0. The Hall–Kier alpha value is -1.68. The number of hydrogen-bond donors (Lipinski definition) is 0. The van der Waals surface area contributed by atoms with Gasteiger partial charge in [0, 0.05) is 16.7 Å². The van der Waals surface area contributed by atoms with Crippen molar-refractivity contribution in [3.05, 3.63) is 63.9 Å². The standard InChI is InChI=1S/C17H15BrFNO/c18-15-11-13(19)8-9-14(15)17(21)20-10-4-3-6-12-5-1-2-7-16(12)20/h1-2,5,7-9,11H,3-4,6,10H2. The van der Waals surface area contributed by atoms with Crippen LogP contribution in [0.1, 0.15) is 28.8 Å². The smallest absolute Gasteiger partial charge is 0.259 e. The molecule has 0 saturated heterocycles. The molecule has 2 nitrogen and oxygen atoms in total. The number of carbonyl (C=O) groups excluding carboxylic acids is 1. The number of benzene rings is 2. The summed E-state index contributed by atoms with van der Waals surface area (Å²) >= 11 is 3.29. The largest absolute Gasteiger partial charge is 0.308 e. The number of anilines is 1. The molecule has 0 saturated carbocycles. The van der Waals surface area contributed by atoms with Gasteiger partial charge in [-0.25, -0.2) is 4.39 Å². The molecule has 0 fully saturated rings. The number of fused-ring (bicyclic) bond motifs is 1. The van der Waals surface area contributed by atoms with Gasteiger partial charge in [0.05, 0.1) is 5.56 Å². The maximum Gasteiger partial charge on any atom is 0.259 e. The van der Waals surface area contributed by atoms with E-state index in [9.17, 15) is 9.18 Å². The molecule has 2 aromatic carbocycles. The van der Waals surface area contributed by atoms with Crippen molar-refractivity contribution in [1.29, 1.82) is 0 Å². The minimum absolute atomic E-state index is 0.0868. The Morgan fingerprint density at radius 1 is 1.14 bits per heavy atom. The van der Waals surface area contributed by atoms with Gasteiger partial charge in [-0.2, -0.15) is 0 Å². The number of amides is 1. The van der Waals surface area contributed by atoms with E-state index in [-0.39, 0.29) is 11.7 Å². The molecule has 108 valence electrons. The molecule has 0 aliphatic carbocycles. The number of aryl methyl sites for hydroxylation is 1. The van der Waals surface area contributed by atoms with Crippen molar-refractivity contribution in [3.63, 3.8) is 0 Å². The van der Waals surface area contributed by atoms with Gasteiger partial charge in [-0.3, -0.25) is 4.79 Å². The van der Waals surface area contributed by atoms with Gasteiger partial charge < -0.3 is 4.90 Å². The monoisotopic (exact) mass is 347 g/mol. The summed E-state index contributed by atoms with van der Waals surface area (Å²) in [5.41, 5.74) is 2.66. The first-order valence-corrected chi connectivity index (χ1v) is 7.81. The Morgan fingerprint density at radius 3 is 2.76 bits per heavy atom. The number of hydrogen-bond acceptors (Lipinski definition) is 1. The molecule has 1 amide bonds. The Labute approximate surface area is 131 Å². The van der Waals surface area contributed by atoms with Crippen LogP contribution in [0.4, 0.5) is 10.1 Å². The van der Waals surface area contributed by atoms with Gasteiger partial charge in [0.1, 0.15) is 5.82 Å². The molecule has 1 aliphatic rings. The molecular formula is C17H15BrFNO. The first-order chi connectivity index (χ1) is 10.2. The van der Waals surface area contributed by atoms with E-state index in [1.54, 1.807) is 4.90 Å². The van der Waals surface area contributed by atoms with Gasteiger partial charge in [0.25, 0.3) is 5.91 Å². The van der Waals surface area contributed by atoms with E-state index in [0.29, 0.717) is 16.6 Å². The van der Waals surface area contributed by atoms with E-state index in [1.165, 1.54) is 23.8 Å². The third-order valence-corrected chi connectivity index (χ3v) is 4.42. The Bertz CT molecular complexity index is 686. The average molecular weight is 348 g/mol. The van der Waals surface area contributed by atoms with Crippen LogP contribution in [0.5, 0.6) is 0 Å². The zero-order valence-corrected chi connectivity index (χ0v) is 13.1. The van der Waals surface area contributed by atoms with E-state index >= 15 is 0 Å². The van der Waals surface area contributed by atoms with E-state index in [4.69, 9.17) is 0 Å². The number of nitrogens with zero attached hydrogens (tertiary/aromatic N) is 1. The van der Waals surface area contributed by atoms with Gasteiger partial charge in [0.15, 0.2) is 0 Å². The first-order valence-electron chi connectivity index (χ1n) is 7.01. The molecule has 0 unspecified atom stereocenters. The Morgan fingerprint density at radius 2 is 1.95 bits per heavy atom. The Kier molecular flexibility index (Phi) is 4.06. The molecule has 2 aromatic rings. The lowest BCUT2D eigenvalue weighted by Gasteiger charge is -2.23. The number of rotatable bonds is 1. The van der Waals surface area contributed by atoms with Crippen LogP contribution < -0.4 is 4.90 Å². The summed E-state index contributed by atoms with van der Waals surface area (Å²) in [7, 11) is 0. The van der Waals surface area contributed by atoms with Gasteiger partial charge in [0.2, 0.25) is 0 Å². The third-order valence-electron chi connectivity index (χ3n) is 3.77. The predicted molar refractivity (Wildman–Crippen MR) is 85.2 cm³/mol. The summed E-state index contributed by atoms with van der Waals surface area (Å²) < 4.78 is 13.7. The fraction of sp³-hybridized carbons (Fsp3) is 0.235. The summed E-state index contributed by atoms with van der Waals surface area (Å²) in [6.45, 7) is 0.694. The van der Waals surface area contributed by atoms with E-state index < -0.39 is 0 Å². The second-order valence-corrected chi connectivity index (χ2v) is 6.02. The number of para-hydroxylation sites is 1. The van der Waals surface area contributed by atoms with Crippen molar-refractivity contribution in [1.82, 2.24) is 0 Å². The second-order valence-electron chi connectivity index (χ2n) is 5.17. The van der Waals surface area contributed by atoms with Crippen LogP contribution in [0.15, 0.2) is 46.9 Å². The molecule has 0 atom stereocenters. The van der Waals surface area contributed by atoms with Crippen LogP contribution in [-0.2, 0) is 6.42 Å². The maximum atomic E-state index is 13.2. The summed E-state index contributed by atoms with van der Waals surface area (Å²) in [6, 6.07) is 12.2. The van der Waals surface area contributed by atoms with Crippen molar-refractivity contribution in [3.8, 4) is 0 Å². The van der Waals surface area contributed by atoms with Gasteiger partial charge >= 0.3 is 0 Å². The molecule has 0 radical (unpaired) electrons. The third kappa shape index (κ3) is 2.86. The molecule has 4 heteroatoms. The minimum Gasteiger partial charge on any atom is -0.308 e. The quantitative estimate of drug-likeness (QED) is 0.739. The van der Waals surface area contributed by atoms with Crippen molar-refractivity contribution in [2.75, 3.05) is 11.4 Å². The van der Waals surface area contributed by atoms with Crippen molar-refractivity contribution in [2.24, 2.45) is 0 Å². The van der Waals surface area contributed by atoms with Crippen molar-refractivity contribution >= 4 is 27.5 Å². The van der Waals surface area contributed by atoms with Crippen LogP contribution in [0.3, 0.4) is 0 Å². The van der Waals surface area contributed by atoms with E-state index in [1.807, 2.05) is 18.2 Å². The lowest BCUT2D eigenvalue weighted by atomic mass is 10.1. The molecule has 0 bridgehead atoms. The number of halogens is 2. The fourth-order valence-corrected chi connectivity index (χ4v) is 3.23. The van der Waals surface area contributed by atoms with Crippen LogP contribution in [-0.4, -0.2) is 12.5 Å². The molecule has 1 heterocycles. The maximum absolute atomic E-state index is 13.2. The van der Waals surface area contributed by atoms with Crippen molar-refractivity contribution in [2.45, 2.75) is 19.3 Å². The fourth-order valence-electron chi connectivity index (χ4n) is 2.71. The summed E-state index contributed by atoms with van der Waals surface area (Å²) in [5.74, 6) is -0.439. The lowest BCUT2D eigenvalue weighted by Crippen LogP contribution is -2.32. The van der Waals surface area contributed by atoms with Gasteiger partial charge in [-0.05, 0) is 65.0 Å².